The molecular formula is C12H24N4O2. The van der Waals surface area contributed by atoms with Crippen LogP contribution in [0.5, 0.6) is 0 Å². The third-order valence-corrected chi connectivity index (χ3v) is 4.23. The van der Waals surface area contributed by atoms with Gasteiger partial charge in [0.1, 0.15) is 0 Å². The number of nitrogens with one attached hydrogen (secondary N) is 1. The standard InChI is InChI=1S/C12H24N4O2/c1-15-6-2-3-10-9-16(7-4-11(10)15)8-5-12(17)18-14-13/h10-11,14H,2-9,13H2,1H3. The first kappa shape index (κ1) is 13.7. The maximum absolute atomic E-state index is 11.2. The number of carbonyl (C=O) groups excluding carboxylic acids is 1. The number of hydrazine groups is 1. The summed E-state index contributed by atoms with van der Waals surface area (Å²) in [6.07, 6.45) is 4.23. The van der Waals surface area contributed by atoms with Gasteiger partial charge in [0.25, 0.3) is 0 Å². The normalized spacial score (nSPS) is 29.9. The van der Waals surface area contributed by atoms with E-state index in [1.165, 1.54) is 25.8 Å². The highest BCUT2D eigenvalue weighted by Gasteiger charge is 2.34. The molecule has 2 saturated heterocycles. The van der Waals surface area contributed by atoms with Gasteiger partial charge in [-0.1, -0.05) is 5.59 Å². The van der Waals surface area contributed by atoms with Gasteiger partial charge in [0.2, 0.25) is 0 Å². The summed E-state index contributed by atoms with van der Waals surface area (Å²) in [6, 6.07) is 0.743. The van der Waals surface area contributed by atoms with E-state index in [1.54, 1.807) is 0 Å². The molecule has 0 aliphatic carbocycles. The van der Waals surface area contributed by atoms with Gasteiger partial charge >= 0.3 is 5.97 Å². The Morgan fingerprint density at radius 2 is 2.28 bits per heavy atom. The van der Waals surface area contributed by atoms with E-state index in [1.807, 2.05) is 5.59 Å². The lowest BCUT2D eigenvalue weighted by Crippen LogP contribution is -2.52. The Kier molecular flexibility index (Phi) is 4.94. The summed E-state index contributed by atoms with van der Waals surface area (Å²) in [5.41, 5.74) is 1.93. The van der Waals surface area contributed by atoms with Gasteiger partial charge in [0.15, 0.2) is 0 Å². The smallest absolute Gasteiger partial charge is 0.327 e. The van der Waals surface area contributed by atoms with Gasteiger partial charge in [-0.2, -0.15) is 0 Å². The Hall–Kier alpha value is -0.690. The molecule has 0 aromatic rings. The van der Waals surface area contributed by atoms with Crippen LogP contribution >= 0.6 is 0 Å². The van der Waals surface area contributed by atoms with Crippen LogP contribution in [0.3, 0.4) is 0 Å². The van der Waals surface area contributed by atoms with E-state index in [2.05, 4.69) is 21.7 Å². The van der Waals surface area contributed by atoms with Gasteiger partial charge in [-0.05, 0) is 45.3 Å². The van der Waals surface area contributed by atoms with Crippen molar-refractivity contribution >= 4 is 5.97 Å². The van der Waals surface area contributed by atoms with E-state index in [9.17, 15) is 4.79 Å². The zero-order valence-corrected chi connectivity index (χ0v) is 11.1. The Morgan fingerprint density at radius 1 is 1.44 bits per heavy atom. The Bertz CT molecular complexity index is 287. The number of rotatable bonds is 4. The first-order valence-corrected chi connectivity index (χ1v) is 6.78. The molecule has 0 amide bonds. The van der Waals surface area contributed by atoms with Crippen LogP contribution in [0.25, 0.3) is 0 Å². The second-order valence-corrected chi connectivity index (χ2v) is 5.38. The molecule has 2 atom stereocenters. The van der Waals surface area contributed by atoms with E-state index in [4.69, 9.17) is 5.84 Å². The highest BCUT2D eigenvalue weighted by Crippen LogP contribution is 2.29. The predicted molar refractivity (Wildman–Crippen MR) is 68.2 cm³/mol. The molecule has 18 heavy (non-hydrogen) atoms. The number of likely N-dealkylation sites (tertiary alicyclic amines) is 2. The van der Waals surface area contributed by atoms with Crippen molar-refractivity contribution in [2.75, 3.05) is 33.2 Å². The maximum atomic E-state index is 11.2. The second kappa shape index (κ2) is 6.47. The topological polar surface area (TPSA) is 70.8 Å². The Labute approximate surface area is 108 Å². The quantitative estimate of drug-likeness (QED) is 0.532. The second-order valence-electron chi connectivity index (χ2n) is 5.38. The van der Waals surface area contributed by atoms with Crippen LogP contribution in [0.1, 0.15) is 25.7 Å². The summed E-state index contributed by atoms with van der Waals surface area (Å²) in [7, 11) is 2.23. The van der Waals surface area contributed by atoms with E-state index < -0.39 is 0 Å². The van der Waals surface area contributed by atoms with Crippen molar-refractivity contribution in [3.63, 3.8) is 0 Å². The van der Waals surface area contributed by atoms with Crippen molar-refractivity contribution in [3.8, 4) is 0 Å². The number of piperidine rings is 2. The minimum absolute atomic E-state index is 0.291. The number of nitrogens with zero attached hydrogens (tertiary/aromatic N) is 2. The van der Waals surface area contributed by atoms with Crippen LogP contribution in [-0.2, 0) is 9.63 Å². The summed E-state index contributed by atoms with van der Waals surface area (Å²) < 4.78 is 0. The van der Waals surface area contributed by atoms with Crippen molar-refractivity contribution in [3.05, 3.63) is 0 Å². The van der Waals surface area contributed by atoms with Crippen molar-refractivity contribution in [2.24, 2.45) is 11.8 Å². The minimum Gasteiger partial charge on any atom is -0.356 e. The number of carbonyl (C=O) groups is 1. The molecule has 104 valence electrons. The number of hydrogen-bond donors (Lipinski definition) is 2. The van der Waals surface area contributed by atoms with Crippen LogP contribution in [0.2, 0.25) is 0 Å². The molecular weight excluding hydrogens is 232 g/mol. The van der Waals surface area contributed by atoms with E-state index >= 15 is 0 Å². The van der Waals surface area contributed by atoms with Gasteiger partial charge in [0.05, 0.1) is 6.42 Å². The summed E-state index contributed by atoms with van der Waals surface area (Å²) in [5, 5.41) is 0. The SMILES string of the molecule is CN1CCCC2CN(CCC(=O)ONN)CCC21. The molecule has 2 rings (SSSR count). The first-order valence-electron chi connectivity index (χ1n) is 6.78. The van der Waals surface area contributed by atoms with Crippen LogP contribution in [0.4, 0.5) is 0 Å². The molecule has 0 aromatic carbocycles. The largest absolute Gasteiger partial charge is 0.356 e. The summed E-state index contributed by atoms with van der Waals surface area (Å²) in [4.78, 5) is 20.6. The first-order chi connectivity index (χ1) is 8.70. The average Bonchev–Trinajstić information content (AvgIpc) is 2.37. The summed E-state index contributed by atoms with van der Waals surface area (Å²) in [5.74, 6) is 5.40. The molecule has 0 spiro atoms. The van der Waals surface area contributed by atoms with E-state index in [0.29, 0.717) is 6.42 Å². The Morgan fingerprint density at radius 3 is 3.06 bits per heavy atom. The van der Waals surface area contributed by atoms with Gasteiger partial charge in [-0.3, -0.25) is 4.79 Å². The van der Waals surface area contributed by atoms with E-state index in [0.717, 1.165) is 31.6 Å². The molecule has 6 nitrogen and oxygen atoms in total. The summed E-state index contributed by atoms with van der Waals surface area (Å²) in [6.45, 7) is 4.19. The molecule has 0 saturated carbocycles. The fourth-order valence-corrected chi connectivity index (χ4v) is 3.30. The molecule has 2 aliphatic rings. The van der Waals surface area contributed by atoms with Gasteiger partial charge in [0, 0.05) is 19.1 Å². The lowest BCUT2D eigenvalue weighted by atomic mass is 9.84. The lowest BCUT2D eigenvalue weighted by Gasteiger charge is -2.46. The molecule has 3 N–H and O–H groups in total. The predicted octanol–water partition coefficient (Wildman–Crippen LogP) is -0.286. The summed E-state index contributed by atoms with van der Waals surface area (Å²) >= 11 is 0. The van der Waals surface area contributed by atoms with Crippen LogP contribution < -0.4 is 11.4 Å². The molecule has 0 aromatic heterocycles. The molecule has 0 bridgehead atoms. The van der Waals surface area contributed by atoms with Crippen LogP contribution in [0.15, 0.2) is 0 Å². The third-order valence-electron chi connectivity index (χ3n) is 4.23. The van der Waals surface area contributed by atoms with E-state index in [-0.39, 0.29) is 5.97 Å². The highest BCUT2D eigenvalue weighted by atomic mass is 16.7. The third kappa shape index (κ3) is 3.41. The van der Waals surface area contributed by atoms with Crippen molar-refractivity contribution in [1.29, 1.82) is 0 Å². The van der Waals surface area contributed by atoms with Gasteiger partial charge in [-0.25, -0.2) is 5.84 Å². The molecule has 2 heterocycles. The minimum atomic E-state index is -0.291. The van der Waals surface area contributed by atoms with Crippen molar-refractivity contribution in [1.82, 2.24) is 15.4 Å². The van der Waals surface area contributed by atoms with Crippen molar-refractivity contribution in [2.45, 2.75) is 31.7 Å². The molecule has 6 heteroatoms. The van der Waals surface area contributed by atoms with Crippen molar-refractivity contribution < 1.29 is 9.63 Å². The molecule has 2 fully saturated rings. The molecule has 0 radical (unpaired) electrons. The fraction of sp³-hybridized carbons (Fsp3) is 0.917. The number of hydrogen-bond acceptors (Lipinski definition) is 6. The monoisotopic (exact) mass is 256 g/mol. The lowest BCUT2D eigenvalue weighted by molar-refractivity contribution is -0.151. The number of nitrogens with two attached hydrogens (primary N) is 1. The zero-order valence-electron chi connectivity index (χ0n) is 11.1. The Balaban J connectivity index is 1.75. The zero-order chi connectivity index (χ0) is 13.0. The molecule has 2 aliphatic heterocycles. The molecule has 2 unspecified atom stereocenters. The number of fused-ring (bicyclic) bond motifs is 1. The van der Waals surface area contributed by atoms with Crippen LogP contribution in [-0.4, -0.2) is 55.0 Å². The fourth-order valence-electron chi connectivity index (χ4n) is 3.30. The van der Waals surface area contributed by atoms with Gasteiger partial charge < -0.3 is 14.6 Å². The van der Waals surface area contributed by atoms with Crippen LogP contribution in [0, 0.1) is 5.92 Å². The maximum Gasteiger partial charge on any atom is 0.327 e. The highest BCUT2D eigenvalue weighted by molar-refractivity contribution is 5.69. The van der Waals surface area contributed by atoms with Gasteiger partial charge in [-0.15, -0.1) is 0 Å². The average molecular weight is 256 g/mol.